The van der Waals surface area contributed by atoms with Gasteiger partial charge in [0.15, 0.2) is 0 Å². The van der Waals surface area contributed by atoms with E-state index in [9.17, 15) is 4.39 Å². The van der Waals surface area contributed by atoms with Crippen molar-refractivity contribution in [3.05, 3.63) is 89.9 Å². The van der Waals surface area contributed by atoms with Crippen LogP contribution in [0.4, 0.5) is 4.39 Å². The molecule has 0 radical (unpaired) electrons. The van der Waals surface area contributed by atoms with Crippen LogP contribution in [0.5, 0.6) is 0 Å². The van der Waals surface area contributed by atoms with Crippen LogP contribution in [0, 0.1) is 5.82 Å². The van der Waals surface area contributed by atoms with E-state index in [4.69, 9.17) is 1.37 Å². The van der Waals surface area contributed by atoms with E-state index in [1.165, 1.54) is 18.3 Å². The number of hydrogen-bond donors (Lipinski definition) is 0. The smallest absolute Gasteiger partial charge is 0.126 e. The summed E-state index contributed by atoms with van der Waals surface area (Å²) in [6, 6.07) is 20.0. The Morgan fingerprint density at radius 3 is 2.48 bits per heavy atom. The van der Waals surface area contributed by atoms with Crippen molar-refractivity contribution in [3.63, 3.8) is 0 Å². The Hall–Kier alpha value is -2.48. The number of nitrogens with zero attached hydrogens (tertiary/aromatic N) is 1. The van der Waals surface area contributed by atoms with E-state index in [1.807, 2.05) is 61.5 Å². The maximum absolute atomic E-state index is 13.4. The zero-order valence-electron chi connectivity index (χ0n) is 12.8. The molecule has 0 aliphatic heterocycles. The second-order valence-electron chi connectivity index (χ2n) is 4.93. The van der Waals surface area contributed by atoms with Crippen molar-refractivity contribution in [2.45, 2.75) is 12.8 Å². The van der Waals surface area contributed by atoms with Crippen molar-refractivity contribution in [1.29, 1.82) is 0 Å². The van der Waals surface area contributed by atoms with E-state index in [-0.39, 0.29) is 5.82 Å². The third-order valence-electron chi connectivity index (χ3n) is 3.52. The first-order valence-corrected chi connectivity index (χ1v) is 6.85. The predicted molar refractivity (Wildman–Crippen MR) is 83.6 cm³/mol. The quantitative estimate of drug-likeness (QED) is 0.654. The van der Waals surface area contributed by atoms with Gasteiger partial charge in [-0.15, -0.1) is 0 Å². The van der Waals surface area contributed by atoms with Crippen LogP contribution >= 0.6 is 0 Å². The van der Waals surface area contributed by atoms with Crippen LogP contribution in [-0.4, -0.2) is 4.98 Å². The topological polar surface area (TPSA) is 12.9 Å². The van der Waals surface area contributed by atoms with Gasteiger partial charge in [0.25, 0.3) is 0 Å². The van der Waals surface area contributed by atoms with E-state index < -0.39 is 5.89 Å². The fraction of sp³-hybridized carbons (Fsp3) is 0.105. The van der Waals surface area contributed by atoms with Gasteiger partial charge in [0.05, 0.1) is 5.69 Å². The summed E-state index contributed by atoms with van der Waals surface area (Å²) in [5, 5.41) is 0. The van der Waals surface area contributed by atoms with Gasteiger partial charge in [-0.1, -0.05) is 55.5 Å². The first-order chi connectivity index (χ1) is 10.6. The molecule has 3 aromatic rings. The van der Waals surface area contributed by atoms with Crippen LogP contribution in [0.2, 0.25) is 0 Å². The highest BCUT2D eigenvalue weighted by molar-refractivity contribution is 5.60. The Morgan fingerprint density at radius 2 is 1.71 bits per heavy atom. The van der Waals surface area contributed by atoms with Gasteiger partial charge in [0.1, 0.15) is 5.82 Å². The van der Waals surface area contributed by atoms with E-state index in [0.717, 1.165) is 16.7 Å². The second kappa shape index (κ2) is 5.88. The molecule has 0 aliphatic rings. The van der Waals surface area contributed by atoms with Crippen LogP contribution in [0.3, 0.4) is 0 Å². The molecule has 3 rings (SSSR count). The lowest BCUT2D eigenvalue weighted by Crippen LogP contribution is -1.96. The number of halogens is 1. The van der Waals surface area contributed by atoms with Crippen molar-refractivity contribution >= 4 is 0 Å². The molecular formula is C19H16FN. The van der Waals surface area contributed by atoms with E-state index in [1.54, 1.807) is 0 Å². The normalized spacial score (nSPS) is 14.3. The fourth-order valence-corrected chi connectivity index (χ4v) is 2.33. The highest BCUT2D eigenvalue weighted by Gasteiger charge is 2.09. The molecule has 0 N–H and O–H groups in total. The average Bonchev–Trinajstić information content (AvgIpc) is 2.56. The summed E-state index contributed by atoms with van der Waals surface area (Å²) < 4.78 is 22.1. The number of pyridine rings is 1. The number of aromatic nitrogens is 1. The van der Waals surface area contributed by atoms with Gasteiger partial charge in [-0.25, -0.2) is 4.39 Å². The molecule has 1 heterocycles. The highest BCUT2D eigenvalue weighted by atomic mass is 19.1. The molecule has 0 fully saturated rings. The molecule has 104 valence electrons. The van der Waals surface area contributed by atoms with Gasteiger partial charge in [0.2, 0.25) is 0 Å². The second-order valence-corrected chi connectivity index (χ2v) is 4.93. The van der Waals surface area contributed by atoms with Gasteiger partial charge in [-0.05, 0) is 23.3 Å². The van der Waals surface area contributed by atoms with Gasteiger partial charge in [-0.3, -0.25) is 4.98 Å². The van der Waals surface area contributed by atoms with Crippen LogP contribution in [0.15, 0.2) is 72.9 Å². The molecular weight excluding hydrogens is 261 g/mol. The largest absolute Gasteiger partial charge is 0.256 e. The minimum Gasteiger partial charge on any atom is -0.256 e. The maximum atomic E-state index is 13.4. The Balaban J connectivity index is 2.05. The summed E-state index contributed by atoms with van der Waals surface area (Å²) in [7, 11) is 0. The predicted octanol–water partition coefficient (Wildman–Crippen LogP) is 5.04. The molecule has 1 nitrogen and oxygen atoms in total. The number of rotatable bonds is 3. The minimum absolute atomic E-state index is 0.313. The molecule has 0 saturated carbocycles. The molecule has 1 atom stereocenters. The summed E-state index contributed by atoms with van der Waals surface area (Å²) in [6.45, 7) is 1.86. The van der Waals surface area contributed by atoms with E-state index in [0.29, 0.717) is 5.69 Å². The van der Waals surface area contributed by atoms with Gasteiger partial charge < -0.3 is 0 Å². The monoisotopic (exact) mass is 278 g/mol. The van der Waals surface area contributed by atoms with Gasteiger partial charge >= 0.3 is 0 Å². The van der Waals surface area contributed by atoms with Crippen molar-refractivity contribution in [3.8, 4) is 11.3 Å². The lowest BCUT2D eigenvalue weighted by atomic mass is 9.91. The Bertz CT molecular complexity index is 784. The highest BCUT2D eigenvalue weighted by Crippen LogP contribution is 2.27. The molecule has 2 aromatic carbocycles. The zero-order chi connectivity index (χ0) is 15.6. The third-order valence-corrected chi connectivity index (χ3v) is 3.52. The summed E-state index contributed by atoms with van der Waals surface area (Å²) in [6.07, 6.45) is 1.45. The van der Waals surface area contributed by atoms with Crippen molar-refractivity contribution in [2.75, 3.05) is 0 Å². The Labute approximate surface area is 125 Å². The summed E-state index contributed by atoms with van der Waals surface area (Å²) >= 11 is 0. The van der Waals surface area contributed by atoms with Crippen LogP contribution in [0.1, 0.15) is 25.3 Å². The minimum atomic E-state index is -0.870. The molecule has 0 amide bonds. The molecule has 0 bridgehead atoms. The summed E-state index contributed by atoms with van der Waals surface area (Å²) in [5.74, 6) is -1.18. The zero-order valence-corrected chi connectivity index (χ0v) is 11.8. The van der Waals surface area contributed by atoms with Gasteiger partial charge in [0, 0.05) is 25.1 Å². The molecule has 1 aromatic heterocycles. The number of benzene rings is 2. The van der Waals surface area contributed by atoms with Crippen molar-refractivity contribution in [1.82, 2.24) is 4.98 Å². The molecule has 21 heavy (non-hydrogen) atoms. The van der Waals surface area contributed by atoms with Crippen LogP contribution in [0.25, 0.3) is 11.3 Å². The molecule has 0 aliphatic carbocycles. The number of hydrogen-bond acceptors (Lipinski definition) is 1. The van der Waals surface area contributed by atoms with Crippen molar-refractivity contribution in [2.24, 2.45) is 0 Å². The molecule has 0 spiro atoms. The van der Waals surface area contributed by atoms with Crippen LogP contribution in [-0.2, 0) is 0 Å². The Morgan fingerprint density at radius 1 is 0.952 bits per heavy atom. The molecule has 1 unspecified atom stereocenters. The lowest BCUT2D eigenvalue weighted by molar-refractivity contribution is 0.626. The first kappa shape index (κ1) is 12.3. The average molecular weight is 278 g/mol. The first-order valence-electron chi connectivity index (χ1n) is 7.35. The maximum Gasteiger partial charge on any atom is 0.126 e. The summed E-state index contributed by atoms with van der Waals surface area (Å²) in [4.78, 5) is 4.20. The van der Waals surface area contributed by atoms with Gasteiger partial charge in [-0.2, -0.15) is 0 Å². The Kier molecular flexibility index (Phi) is 3.44. The fourth-order valence-electron chi connectivity index (χ4n) is 2.33. The molecule has 0 saturated heterocycles. The van der Waals surface area contributed by atoms with Crippen molar-refractivity contribution < 1.29 is 5.76 Å². The standard InChI is InChI=1S/C19H16FN/c1-14(15-6-3-2-4-7-15)16-8-5-9-17(12-16)19-13-18(20)10-11-21-19/h2-14H,1H3/i14D. The third kappa shape index (κ3) is 3.00. The lowest BCUT2D eigenvalue weighted by Gasteiger charge is -2.13. The van der Waals surface area contributed by atoms with Crippen LogP contribution < -0.4 is 0 Å². The molecule has 2 heteroatoms. The van der Waals surface area contributed by atoms with E-state index in [2.05, 4.69) is 4.98 Å². The SMILES string of the molecule is [2H]C(C)(c1ccccc1)c1cccc(-c2cc(F)ccn2)c1. The van der Waals surface area contributed by atoms with E-state index >= 15 is 0 Å². The summed E-state index contributed by atoms with van der Waals surface area (Å²) in [5.41, 5.74) is 3.15.